The first-order valence-corrected chi connectivity index (χ1v) is 10.1. The Labute approximate surface area is 180 Å². The van der Waals surface area contributed by atoms with Gasteiger partial charge in [-0.05, 0) is 61.3 Å². The standard InChI is InChI=1S/C25H22FN5/c1-17-30-25(20-3-2-4-22(26)12-20)16-31(17)15-21-11-19(13-28)5-7-23(21)24-8-6-18(9-10-27)14-29-24/h2-8,11-12,14,16H,9-10,15,27H2,1H3. The Balaban J connectivity index is 1.70. The van der Waals surface area contributed by atoms with E-state index in [0.717, 1.165) is 40.2 Å². The molecule has 6 heteroatoms. The van der Waals surface area contributed by atoms with Gasteiger partial charge in [0.25, 0.3) is 0 Å². The van der Waals surface area contributed by atoms with Gasteiger partial charge in [0.15, 0.2) is 0 Å². The summed E-state index contributed by atoms with van der Waals surface area (Å²) >= 11 is 0. The summed E-state index contributed by atoms with van der Waals surface area (Å²) in [4.78, 5) is 9.20. The van der Waals surface area contributed by atoms with Crippen molar-refractivity contribution in [3.8, 4) is 28.6 Å². The molecule has 4 rings (SSSR count). The number of imidazole rings is 1. The van der Waals surface area contributed by atoms with Crippen LogP contribution in [0.5, 0.6) is 0 Å². The number of hydrogen-bond donors (Lipinski definition) is 1. The quantitative estimate of drug-likeness (QED) is 0.507. The molecule has 0 unspecified atom stereocenters. The van der Waals surface area contributed by atoms with Crippen molar-refractivity contribution in [3.63, 3.8) is 0 Å². The minimum atomic E-state index is -0.294. The van der Waals surface area contributed by atoms with Gasteiger partial charge in [0.1, 0.15) is 11.6 Å². The summed E-state index contributed by atoms with van der Waals surface area (Å²) in [5.74, 6) is 0.511. The second-order valence-electron chi connectivity index (χ2n) is 7.39. The number of nitrogens with zero attached hydrogens (tertiary/aromatic N) is 4. The van der Waals surface area contributed by atoms with Crippen LogP contribution in [-0.4, -0.2) is 21.1 Å². The van der Waals surface area contributed by atoms with Crippen LogP contribution in [0.15, 0.2) is 67.0 Å². The summed E-state index contributed by atoms with van der Waals surface area (Å²) < 4.78 is 15.6. The van der Waals surface area contributed by atoms with Gasteiger partial charge in [0, 0.05) is 30.1 Å². The number of aromatic nitrogens is 3. The number of nitriles is 1. The van der Waals surface area contributed by atoms with E-state index in [1.54, 1.807) is 12.1 Å². The maximum atomic E-state index is 13.6. The summed E-state index contributed by atoms with van der Waals surface area (Å²) in [6, 6.07) is 18.2. The molecule has 0 atom stereocenters. The van der Waals surface area contributed by atoms with Crippen molar-refractivity contribution < 1.29 is 4.39 Å². The topological polar surface area (TPSA) is 80.5 Å². The number of benzene rings is 2. The van der Waals surface area contributed by atoms with Crippen LogP contribution in [0, 0.1) is 24.1 Å². The maximum Gasteiger partial charge on any atom is 0.123 e. The first-order chi connectivity index (χ1) is 15.1. The third-order valence-corrected chi connectivity index (χ3v) is 5.21. The van der Waals surface area contributed by atoms with Crippen LogP contribution >= 0.6 is 0 Å². The van der Waals surface area contributed by atoms with Crippen LogP contribution in [0.25, 0.3) is 22.5 Å². The fourth-order valence-corrected chi connectivity index (χ4v) is 3.58. The average molecular weight is 411 g/mol. The number of pyridine rings is 1. The fraction of sp³-hybridized carbons (Fsp3) is 0.160. The minimum Gasteiger partial charge on any atom is -0.330 e. The third-order valence-electron chi connectivity index (χ3n) is 5.21. The maximum absolute atomic E-state index is 13.6. The Kier molecular flexibility index (Phi) is 5.87. The fourth-order valence-electron chi connectivity index (χ4n) is 3.58. The molecule has 2 aromatic heterocycles. The van der Waals surface area contributed by atoms with Crippen LogP contribution in [0.2, 0.25) is 0 Å². The van der Waals surface area contributed by atoms with E-state index in [0.29, 0.717) is 24.3 Å². The highest BCUT2D eigenvalue weighted by Gasteiger charge is 2.12. The lowest BCUT2D eigenvalue weighted by Crippen LogP contribution is -2.04. The molecular weight excluding hydrogens is 389 g/mol. The van der Waals surface area contributed by atoms with Gasteiger partial charge in [-0.15, -0.1) is 0 Å². The zero-order valence-corrected chi connectivity index (χ0v) is 17.2. The Bertz CT molecular complexity index is 1250. The molecule has 0 amide bonds. The zero-order valence-electron chi connectivity index (χ0n) is 17.2. The highest BCUT2D eigenvalue weighted by molar-refractivity contribution is 5.65. The van der Waals surface area contributed by atoms with Crippen molar-refractivity contribution >= 4 is 0 Å². The van der Waals surface area contributed by atoms with Crippen molar-refractivity contribution in [2.24, 2.45) is 5.73 Å². The lowest BCUT2D eigenvalue weighted by Gasteiger charge is -2.12. The first kappa shape index (κ1) is 20.5. The largest absolute Gasteiger partial charge is 0.330 e. The Morgan fingerprint density at radius 1 is 1.10 bits per heavy atom. The van der Waals surface area contributed by atoms with Crippen molar-refractivity contribution in [2.75, 3.05) is 6.54 Å². The molecule has 0 aliphatic rings. The molecule has 0 saturated carbocycles. The lowest BCUT2D eigenvalue weighted by atomic mass is 10.0. The smallest absolute Gasteiger partial charge is 0.123 e. The highest BCUT2D eigenvalue weighted by atomic mass is 19.1. The normalized spacial score (nSPS) is 10.8. The van der Waals surface area contributed by atoms with E-state index in [4.69, 9.17) is 5.73 Å². The van der Waals surface area contributed by atoms with E-state index in [1.807, 2.05) is 54.2 Å². The molecule has 31 heavy (non-hydrogen) atoms. The van der Waals surface area contributed by atoms with Crippen LogP contribution in [0.1, 0.15) is 22.5 Å². The van der Waals surface area contributed by atoms with Crippen molar-refractivity contribution in [2.45, 2.75) is 19.9 Å². The van der Waals surface area contributed by atoms with Gasteiger partial charge in [-0.25, -0.2) is 9.37 Å². The van der Waals surface area contributed by atoms with Crippen molar-refractivity contribution in [3.05, 3.63) is 95.3 Å². The number of rotatable bonds is 6. The van der Waals surface area contributed by atoms with Gasteiger partial charge < -0.3 is 10.3 Å². The Morgan fingerprint density at radius 2 is 1.97 bits per heavy atom. The second-order valence-corrected chi connectivity index (χ2v) is 7.39. The van der Waals surface area contributed by atoms with Gasteiger partial charge in [0.05, 0.1) is 23.0 Å². The van der Waals surface area contributed by atoms with Gasteiger partial charge in [-0.1, -0.05) is 24.3 Å². The summed E-state index contributed by atoms with van der Waals surface area (Å²) in [6.45, 7) is 3.01. The number of halogens is 1. The molecule has 0 aliphatic heterocycles. The average Bonchev–Trinajstić information content (AvgIpc) is 3.15. The van der Waals surface area contributed by atoms with E-state index in [-0.39, 0.29) is 5.82 Å². The first-order valence-electron chi connectivity index (χ1n) is 10.1. The summed E-state index contributed by atoms with van der Waals surface area (Å²) in [5.41, 5.74) is 11.5. The number of nitrogens with two attached hydrogens (primary N) is 1. The predicted octanol–water partition coefficient (Wildman–Crippen LogP) is 4.48. The SMILES string of the molecule is Cc1nc(-c2cccc(F)c2)cn1Cc1cc(C#N)ccc1-c1ccc(CCN)cn1. The molecule has 4 aromatic rings. The van der Waals surface area contributed by atoms with E-state index in [9.17, 15) is 9.65 Å². The molecule has 0 fully saturated rings. The minimum absolute atomic E-state index is 0.294. The molecule has 0 spiro atoms. The molecule has 5 nitrogen and oxygen atoms in total. The molecule has 2 N–H and O–H groups in total. The van der Waals surface area contributed by atoms with Crippen LogP contribution in [0.3, 0.4) is 0 Å². The Morgan fingerprint density at radius 3 is 2.68 bits per heavy atom. The van der Waals surface area contributed by atoms with E-state index < -0.39 is 0 Å². The zero-order chi connectivity index (χ0) is 21.8. The van der Waals surface area contributed by atoms with Gasteiger partial charge in [-0.2, -0.15) is 5.26 Å². The van der Waals surface area contributed by atoms with E-state index in [2.05, 4.69) is 16.0 Å². The van der Waals surface area contributed by atoms with Gasteiger partial charge >= 0.3 is 0 Å². The molecule has 154 valence electrons. The monoisotopic (exact) mass is 411 g/mol. The molecule has 2 aromatic carbocycles. The number of hydrogen-bond acceptors (Lipinski definition) is 4. The molecule has 0 saturated heterocycles. The molecule has 0 aliphatic carbocycles. The summed E-state index contributed by atoms with van der Waals surface area (Å²) in [7, 11) is 0. The lowest BCUT2D eigenvalue weighted by molar-refractivity contribution is 0.628. The Hall–Kier alpha value is -3.82. The number of aryl methyl sites for hydroxylation is 1. The van der Waals surface area contributed by atoms with Crippen LogP contribution in [-0.2, 0) is 13.0 Å². The summed E-state index contributed by atoms with van der Waals surface area (Å²) in [5, 5.41) is 9.39. The van der Waals surface area contributed by atoms with Crippen molar-refractivity contribution in [1.82, 2.24) is 14.5 Å². The third kappa shape index (κ3) is 4.52. The van der Waals surface area contributed by atoms with Gasteiger partial charge in [-0.3, -0.25) is 4.98 Å². The van der Waals surface area contributed by atoms with Gasteiger partial charge in [0.2, 0.25) is 0 Å². The molecular formula is C25H22FN5. The molecule has 0 radical (unpaired) electrons. The van der Waals surface area contributed by atoms with Crippen LogP contribution < -0.4 is 5.73 Å². The second kappa shape index (κ2) is 8.90. The molecule has 2 heterocycles. The molecule has 0 bridgehead atoms. The van der Waals surface area contributed by atoms with E-state index in [1.165, 1.54) is 12.1 Å². The summed E-state index contributed by atoms with van der Waals surface area (Å²) in [6.07, 6.45) is 4.53. The van der Waals surface area contributed by atoms with E-state index >= 15 is 0 Å². The predicted molar refractivity (Wildman–Crippen MR) is 119 cm³/mol. The highest BCUT2D eigenvalue weighted by Crippen LogP contribution is 2.26. The van der Waals surface area contributed by atoms with Crippen LogP contribution in [0.4, 0.5) is 4.39 Å². The van der Waals surface area contributed by atoms with Crippen molar-refractivity contribution in [1.29, 1.82) is 5.26 Å².